The summed E-state index contributed by atoms with van der Waals surface area (Å²) < 4.78 is 83.7. The average molecular weight is 681 g/mol. The van der Waals surface area contributed by atoms with Gasteiger partial charge in [-0.15, -0.1) is 0 Å². The molecule has 0 saturated carbocycles. The van der Waals surface area contributed by atoms with Gasteiger partial charge in [0.1, 0.15) is 22.9 Å². The molecule has 5 rings (SSSR count). The van der Waals surface area contributed by atoms with E-state index in [1.807, 2.05) is 0 Å². The van der Waals surface area contributed by atoms with E-state index in [9.17, 15) is 21.6 Å². The number of carboxylic acid groups (broad SMARTS) is 1. The maximum atomic E-state index is 15.4. The molecule has 0 radical (unpaired) electrons. The smallest absolute Gasteiger partial charge is 0.416 e. The molecule has 0 spiro atoms. The van der Waals surface area contributed by atoms with Crippen LogP contribution in [0.3, 0.4) is 0 Å². The normalized spacial score (nSPS) is 20.5. The van der Waals surface area contributed by atoms with Gasteiger partial charge in [-0.2, -0.15) is 13.2 Å². The fourth-order valence-electron chi connectivity index (χ4n) is 6.52. The van der Waals surface area contributed by atoms with Crippen molar-refractivity contribution < 1.29 is 35.9 Å². The Labute approximate surface area is 272 Å². The number of aromatic nitrogens is 2. The fraction of sp³-hybridized carbons (Fsp3) is 0.469. The highest BCUT2D eigenvalue weighted by molar-refractivity contribution is 7.92. The van der Waals surface area contributed by atoms with E-state index in [0.29, 0.717) is 43.1 Å². The van der Waals surface area contributed by atoms with Crippen LogP contribution in [0.15, 0.2) is 66.0 Å². The zero-order chi connectivity index (χ0) is 34.2. The zero-order valence-electron chi connectivity index (χ0n) is 26.3. The molecule has 0 aliphatic carbocycles. The Morgan fingerprint density at radius 3 is 2.57 bits per heavy atom. The average Bonchev–Trinajstić information content (AvgIpc) is 3.44. The van der Waals surface area contributed by atoms with Crippen molar-refractivity contribution >= 4 is 28.0 Å². The van der Waals surface area contributed by atoms with E-state index in [2.05, 4.69) is 43.5 Å². The minimum absolute atomic E-state index is 0.0292. The van der Waals surface area contributed by atoms with Crippen LogP contribution < -0.4 is 9.62 Å². The largest absolute Gasteiger partial charge is 0.483 e. The molecule has 2 unspecified atom stereocenters. The Kier molecular flexibility index (Phi) is 11.8. The third kappa shape index (κ3) is 9.39. The second-order valence-corrected chi connectivity index (χ2v) is 13.8. The van der Waals surface area contributed by atoms with Gasteiger partial charge in [-0.1, -0.05) is 18.2 Å². The van der Waals surface area contributed by atoms with Crippen LogP contribution in [0.5, 0.6) is 0 Å². The van der Waals surface area contributed by atoms with Gasteiger partial charge >= 0.3 is 6.18 Å². The molecule has 2 fully saturated rings. The number of rotatable bonds is 10. The molecule has 2 N–H and O–H groups in total. The standard InChI is InChI=1S/C31H38F4N6O2S.CH2O2/c1-39-16-11-24(19-39)20-40(2)30(13-9-23-5-3-6-25(17-23)31(33,34)35)12-4-15-41(21-30)26-7-8-28(27(32)18-26)44(42,43)38-29-10-14-36-22-37-29;2-1-3/h3,5-8,10,14,17-18,22,24H,4,9,11-13,15-16,19-21H2,1-2H3,(H,36,37,38);1H,(H,2,3). The first-order valence-electron chi connectivity index (χ1n) is 15.2. The number of benzene rings is 2. The number of carbonyl (C=O) groups is 1. The minimum atomic E-state index is -4.41. The molecule has 0 bridgehead atoms. The van der Waals surface area contributed by atoms with Crippen molar-refractivity contribution in [2.45, 2.75) is 48.7 Å². The van der Waals surface area contributed by atoms with E-state index in [4.69, 9.17) is 9.90 Å². The number of sulfonamides is 1. The van der Waals surface area contributed by atoms with Crippen molar-refractivity contribution in [3.8, 4) is 0 Å². The highest BCUT2D eigenvalue weighted by Crippen LogP contribution is 2.37. The van der Waals surface area contributed by atoms with Crippen molar-refractivity contribution in [2.24, 2.45) is 5.92 Å². The lowest BCUT2D eigenvalue weighted by Gasteiger charge is -2.50. The van der Waals surface area contributed by atoms with Gasteiger partial charge in [0.2, 0.25) is 0 Å². The molecular formula is C32H40F4N6O4S. The molecule has 1 aromatic heterocycles. The molecule has 2 atom stereocenters. The molecule has 10 nitrogen and oxygen atoms in total. The van der Waals surface area contributed by atoms with E-state index in [-0.39, 0.29) is 17.8 Å². The molecule has 256 valence electrons. The third-order valence-corrected chi connectivity index (χ3v) is 10.3. The Balaban J connectivity index is 0.00000160. The fourth-order valence-corrected chi connectivity index (χ4v) is 7.59. The first-order chi connectivity index (χ1) is 22.3. The van der Waals surface area contributed by atoms with Crippen molar-refractivity contribution in [2.75, 3.05) is 56.4 Å². The minimum Gasteiger partial charge on any atom is -0.483 e. The first-order valence-corrected chi connectivity index (χ1v) is 16.7. The molecule has 2 aromatic carbocycles. The number of hydrogen-bond donors (Lipinski definition) is 2. The van der Waals surface area contributed by atoms with Crippen molar-refractivity contribution in [1.82, 2.24) is 19.8 Å². The lowest BCUT2D eigenvalue weighted by atomic mass is 9.81. The summed E-state index contributed by atoms with van der Waals surface area (Å²) in [6, 6.07) is 11.0. The SMILES string of the molecule is CN1CCC(CN(C)C2(CCc3cccc(C(F)(F)F)c3)CCCN(c3ccc(S(=O)(=O)Nc4ccncn4)c(F)c3)C2)C1.O=CO. The number of alkyl halides is 3. The van der Waals surface area contributed by atoms with E-state index >= 15 is 4.39 Å². The number of likely N-dealkylation sites (tertiary alicyclic amines) is 1. The van der Waals surface area contributed by atoms with E-state index < -0.39 is 32.5 Å². The summed E-state index contributed by atoms with van der Waals surface area (Å²) >= 11 is 0. The van der Waals surface area contributed by atoms with E-state index in [1.165, 1.54) is 42.9 Å². The van der Waals surface area contributed by atoms with Crippen LogP contribution >= 0.6 is 0 Å². The summed E-state index contributed by atoms with van der Waals surface area (Å²) in [5.41, 5.74) is 0.155. The Morgan fingerprint density at radius 2 is 1.94 bits per heavy atom. The van der Waals surface area contributed by atoms with Crippen molar-refractivity contribution in [3.63, 3.8) is 0 Å². The van der Waals surface area contributed by atoms with Crippen LogP contribution in [0, 0.1) is 11.7 Å². The Morgan fingerprint density at radius 1 is 1.17 bits per heavy atom. The predicted molar refractivity (Wildman–Crippen MR) is 170 cm³/mol. The number of halogens is 4. The number of likely N-dealkylation sites (N-methyl/N-ethyl adjacent to an activating group) is 1. The molecule has 2 aliphatic heterocycles. The van der Waals surface area contributed by atoms with Crippen LogP contribution in [0.2, 0.25) is 0 Å². The molecule has 3 heterocycles. The lowest BCUT2D eigenvalue weighted by molar-refractivity contribution is -0.137. The van der Waals surface area contributed by atoms with Crippen LogP contribution in [-0.4, -0.2) is 92.1 Å². The first kappa shape index (κ1) is 36.0. The molecule has 15 heteroatoms. The van der Waals surface area contributed by atoms with Crippen LogP contribution in [0.25, 0.3) is 0 Å². The van der Waals surface area contributed by atoms with E-state index in [1.54, 1.807) is 12.1 Å². The number of anilines is 2. The summed E-state index contributed by atoms with van der Waals surface area (Å²) in [5, 5.41) is 6.89. The molecule has 0 amide bonds. The highest BCUT2D eigenvalue weighted by atomic mass is 32.2. The van der Waals surface area contributed by atoms with Crippen LogP contribution in [-0.2, 0) is 27.4 Å². The zero-order valence-corrected chi connectivity index (χ0v) is 27.1. The number of nitrogens with zero attached hydrogens (tertiary/aromatic N) is 5. The Bertz CT molecular complexity index is 1600. The lowest BCUT2D eigenvalue weighted by Crippen LogP contribution is -2.59. The van der Waals surface area contributed by atoms with Gasteiger partial charge in [0.15, 0.2) is 0 Å². The Hall–Kier alpha value is -3.82. The van der Waals surface area contributed by atoms with Gasteiger partial charge in [0.05, 0.1) is 5.56 Å². The van der Waals surface area contributed by atoms with E-state index in [0.717, 1.165) is 45.0 Å². The molecule has 2 saturated heterocycles. The molecule has 2 aliphatic rings. The quantitative estimate of drug-likeness (QED) is 0.226. The number of piperidine rings is 1. The molecular weight excluding hydrogens is 640 g/mol. The third-order valence-electron chi connectivity index (χ3n) is 8.91. The second-order valence-electron chi connectivity index (χ2n) is 12.2. The maximum absolute atomic E-state index is 15.4. The van der Waals surface area contributed by atoms with Crippen LogP contribution in [0.4, 0.5) is 29.1 Å². The van der Waals surface area contributed by atoms with Gasteiger partial charge in [-0.3, -0.25) is 14.4 Å². The number of hydrogen-bond acceptors (Lipinski definition) is 8. The molecule has 47 heavy (non-hydrogen) atoms. The van der Waals surface area contributed by atoms with Crippen molar-refractivity contribution in [1.29, 1.82) is 0 Å². The van der Waals surface area contributed by atoms with Gasteiger partial charge in [-0.05, 0) is 94.6 Å². The van der Waals surface area contributed by atoms with Crippen LogP contribution in [0.1, 0.15) is 36.8 Å². The topological polar surface area (TPSA) is 119 Å². The molecule has 3 aromatic rings. The monoisotopic (exact) mass is 680 g/mol. The van der Waals surface area contributed by atoms with Gasteiger partial charge in [0.25, 0.3) is 16.5 Å². The summed E-state index contributed by atoms with van der Waals surface area (Å²) in [7, 11) is -0.0344. The predicted octanol–water partition coefficient (Wildman–Crippen LogP) is 4.99. The van der Waals surface area contributed by atoms with Gasteiger partial charge in [-0.25, -0.2) is 22.8 Å². The summed E-state index contributed by atoms with van der Waals surface area (Å²) in [5.74, 6) is -0.372. The van der Waals surface area contributed by atoms with Gasteiger partial charge in [0, 0.05) is 43.6 Å². The summed E-state index contributed by atoms with van der Waals surface area (Å²) in [6.07, 6.45) is 1.98. The van der Waals surface area contributed by atoms with Crippen molar-refractivity contribution in [3.05, 3.63) is 78.0 Å². The summed E-state index contributed by atoms with van der Waals surface area (Å²) in [6.45, 7) is 3.80. The summed E-state index contributed by atoms with van der Waals surface area (Å²) in [4.78, 5) is 22.2. The number of aryl methyl sites for hydroxylation is 1. The highest BCUT2D eigenvalue weighted by Gasteiger charge is 2.40. The maximum Gasteiger partial charge on any atom is 0.416 e. The second kappa shape index (κ2) is 15.4. The van der Waals surface area contributed by atoms with Gasteiger partial charge < -0.3 is 14.9 Å². The number of nitrogens with one attached hydrogen (secondary N) is 1.